The van der Waals surface area contributed by atoms with E-state index in [0.717, 1.165) is 22.3 Å². The maximum atomic E-state index is 5.29. The van der Waals surface area contributed by atoms with Crippen LogP contribution >= 0.6 is 0 Å². The maximum absolute atomic E-state index is 5.29. The van der Waals surface area contributed by atoms with Gasteiger partial charge in [0, 0.05) is 16.7 Å². The zero-order chi connectivity index (χ0) is 32.4. The largest absolute Gasteiger partial charge is 0.208 e. The molecule has 0 amide bonds. The molecule has 49 heavy (non-hydrogen) atoms. The first-order valence-corrected chi connectivity index (χ1v) is 16.7. The summed E-state index contributed by atoms with van der Waals surface area (Å²) in [6.07, 6.45) is 0. The second-order valence-corrected chi connectivity index (χ2v) is 12.7. The molecule has 1 heterocycles. The molecular formula is C46H29N3. The highest BCUT2D eigenvalue weighted by Gasteiger charge is 2.52. The molecule has 10 rings (SSSR count). The van der Waals surface area contributed by atoms with E-state index in [-0.39, 0.29) is 0 Å². The first-order valence-electron chi connectivity index (χ1n) is 16.7. The van der Waals surface area contributed by atoms with Gasteiger partial charge in [-0.25, -0.2) is 15.0 Å². The van der Waals surface area contributed by atoms with Crippen molar-refractivity contribution in [3.05, 3.63) is 198 Å². The number of rotatable bonds is 4. The number of hydrogen-bond acceptors (Lipinski definition) is 3. The monoisotopic (exact) mass is 623 g/mol. The smallest absolute Gasteiger partial charge is 0.164 e. The number of benzene rings is 7. The summed E-state index contributed by atoms with van der Waals surface area (Å²) in [6.45, 7) is 0. The third kappa shape index (κ3) is 4.06. The van der Waals surface area contributed by atoms with Crippen LogP contribution in [0.15, 0.2) is 176 Å². The summed E-state index contributed by atoms with van der Waals surface area (Å²) in [5, 5.41) is 0. The van der Waals surface area contributed by atoms with Gasteiger partial charge in [0.25, 0.3) is 0 Å². The van der Waals surface area contributed by atoms with Crippen molar-refractivity contribution >= 4 is 0 Å². The van der Waals surface area contributed by atoms with Crippen LogP contribution in [0.2, 0.25) is 0 Å². The fourth-order valence-corrected chi connectivity index (χ4v) is 8.13. The van der Waals surface area contributed by atoms with Crippen molar-refractivity contribution in [3.8, 4) is 67.5 Å². The van der Waals surface area contributed by atoms with E-state index in [1.165, 1.54) is 50.1 Å². The molecule has 0 unspecified atom stereocenters. The summed E-state index contributed by atoms with van der Waals surface area (Å²) in [5.74, 6) is 1.97. The molecule has 0 bridgehead atoms. The Balaban J connectivity index is 1.24. The van der Waals surface area contributed by atoms with Gasteiger partial charge < -0.3 is 0 Å². The second-order valence-electron chi connectivity index (χ2n) is 12.7. The minimum atomic E-state index is -0.507. The SMILES string of the molecule is c1ccc(-c2ccc(-c3nc(-c4ccccc4)nc(-c4cccc5c4C4(c6ccccc6-c6ccccc64)c4ccccc4-5)n3)cc2)cc1. The summed E-state index contributed by atoms with van der Waals surface area (Å²) in [6, 6.07) is 62.5. The molecule has 2 aliphatic carbocycles. The van der Waals surface area contributed by atoms with Crippen molar-refractivity contribution in [1.82, 2.24) is 15.0 Å². The molecule has 0 radical (unpaired) electrons. The zero-order valence-corrected chi connectivity index (χ0v) is 26.6. The lowest BCUT2D eigenvalue weighted by Gasteiger charge is -2.31. The van der Waals surface area contributed by atoms with Crippen molar-refractivity contribution in [2.24, 2.45) is 0 Å². The molecule has 0 saturated heterocycles. The highest BCUT2D eigenvalue weighted by molar-refractivity contribution is 5.98. The molecule has 3 heteroatoms. The van der Waals surface area contributed by atoms with E-state index in [4.69, 9.17) is 15.0 Å². The van der Waals surface area contributed by atoms with Crippen LogP contribution in [-0.2, 0) is 5.41 Å². The van der Waals surface area contributed by atoms with Crippen LogP contribution in [-0.4, -0.2) is 15.0 Å². The predicted octanol–water partition coefficient (Wildman–Crippen LogP) is 10.9. The van der Waals surface area contributed by atoms with E-state index in [1.807, 2.05) is 24.3 Å². The van der Waals surface area contributed by atoms with Gasteiger partial charge in [-0.2, -0.15) is 0 Å². The molecule has 0 aliphatic heterocycles. The van der Waals surface area contributed by atoms with Crippen LogP contribution in [0, 0.1) is 0 Å². The first-order chi connectivity index (χ1) is 24.3. The molecule has 0 atom stereocenters. The van der Waals surface area contributed by atoms with Crippen LogP contribution in [0.1, 0.15) is 22.3 Å². The van der Waals surface area contributed by atoms with Crippen molar-refractivity contribution < 1.29 is 0 Å². The van der Waals surface area contributed by atoms with Crippen molar-refractivity contribution in [3.63, 3.8) is 0 Å². The van der Waals surface area contributed by atoms with E-state index in [2.05, 4.69) is 152 Å². The van der Waals surface area contributed by atoms with Crippen LogP contribution < -0.4 is 0 Å². The van der Waals surface area contributed by atoms with E-state index in [9.17, 15) is 0 Å². The molecule has 0 fully saturated rings. The molecule has 8 aromatic rings. The van der Waals surface area contributed by atoms with Gasteiger partial charge in [-0.1, -0.05) is 176 Å². The lowest BCUT2D eigenvalue weighted by atomic mass is 9.69. The lowest BCUT2D eigenvalue weighted by Crippen LogP contribution is -2.26. The van der Waals surface area contributed by atoms with Crippen LogP contribution in [0.3, 0.4) is 0 Å². The molecule has 3 nitrogen and oxygen atoms in total. The van der Waals surface area contributed by atoms with E-state index < -0.39 is 5.41 Å². The first kappa shape index (κ1) is 27.6. The Kier molecular flexibility index (Phi) is 6.09. The molecule has 228 valence electrons. The average molecular weight is 624 g/mol. The average Bonchev–Trinajstić information content (AvgIpc) is 3.66. The quantitative estimate of drug-likeness (QED) is 0.196. The minimum absolute atomic E-state index is 0.507. The summed E-state index contributed by atoms with van der Waals surface area (Å²) in [4.78, 5) is 15.6. The second kappa shape index (κ2) is 10.8. The van der Waals surface area contributed by atoms with Crippen molar-refractivity contribution in [2.75, 3.05) is 0 Å². The molecular weight excluding hydrogens is 595 g/mol. The van der Waals surface area contributed by atoms with Crippen LogP contribution in [0.5, 0.6) is 0 Å². The number of hydrogen-bond donors (Lipinski definition) is 0. The maximum Gasteiger partial charge on any atom is 0.164 e. The van der Waals surface area contributed by atoms with Gasteiger partial charge >= 0.3 is 0 Å². The summed E-state index contributed by atoms with van der Waals surface area (Å²) < 4.78 is 0. The third-order valence-electron chi connectivity index (χ3n) is 10.2. The van der Waals surface area contributed by atoms with Crippen LogP contribution in [0.4, 0.5) is 0 Å². The van der Waals surface area contributed by atoms with Crippen LogP contribution in [0.25, 0.3) is 67.5 Å². The van der Waals surface area contributed by atoms with Gasteiger partial charge in [-0.15, -0.1) is 0 Å². The number of aromatic nitrogens is 3. The molecule has 0 N–H and O–H groups in total. The Hall–Kier alpha value is -6.45. The Labute approximate surface area is 285 Å². The third-order valence-corrected chi connectivity index (χ3v) is 10.2. The Bertz CT molecular complexity index is 2470. The normalized spacial score (nSPS) is 13.1. The highest BCUT2D eigenvalue weighted by atomic mass is 15.0. The highest BCUT2D eigenvalue weighted by Crippen LogP contribution is 2.64. The minimum Gasteiger partial charge on any atom is -0.208 e. The fraction of sp³-hybridized carbons (Fsp3) is 0.0217. The standard InChI is InChI=1S/C46H29N3/c1-3-14-30(15-4-1)31-26-28-33(29-27-31)44-47-43(32-16-5-2-6-17-32)48-45(49-44)38-22-13-21-37-36-20-9-12-25-41(36)46(42(37)38)39-23-10-7-18-34(39)35-19-8-11-24-40(35)46/h1-29H. The summed E-state index contributed by atoms with van der Waals surface area (Å²) in [5.41, 5.74) is 14.9. The molecule has 1 aromatic heterocycles. The predicted molar refractivity (Wildman–Crippen MR) is 198 cm³/mol. The van der Waals surface area contributed by atoms with Gasteiger partial charge in [-0.3, -0.25) is 0 Å². The summed E-state index contributed by atoms with van der Waals surface area (Å²) >= 11 is 0. The molecule has 2 aliphatic rings. The fourth-order valence-electron chi connectivity index (χ4n) is 8.13. The van der Waals surface area contributed by atoms with Gasteiger partial charge in [-0.05, 0) is 55.6 Å². The zero-order valence-electron chi connectivity index (χ0n) is 26.6. The van der Waals surface area contributed by atoms with Gasteiger partial charge in [0.05, 0.1) is 5.41 Å². The lowest BCUT2D eigenvalue weighted by molar-refractivity contribution is 0.794. The summed E-state index contributed by atoms with van der Waals surface area (Å²) in [7, 11) is 0. The number of fused-ring (bicyclic) bond motifs is 10. The van der Waals surface area contributed by atoms with Gasteiger partial charge in [0.2, 0.25) is 0 Å². The van der Waals surface area contributed by atoms with E-state index in [1.54, 1.807) is 0 Å². The Morgan fingerprint density at radius 1 is 0.265 bits per heavy atom. The Morgan fingerprint density at radius 3 is 1.20 bits per heavy atom. The molecule has 0 saturated carbocycles. The van der Waals surface area contributed by atoms with E-state index >= 15 is 0 Å². The molecule has 7 aromatic carbocycles. The van der Waals surface area contributed by atoms with Gasteiger partial charge in [0.15, 0.2) is 17.5 Å². The van der Waals surface area contributed by atoms with Crippen molar-refractivity contribution in [1.29, 1.82) is 0 Å². The number of nitrogens with zero attached hydrogens (tertiary/aromatic N) is 3. The molecule has 1 spiro atoms. The van der Waals surface area contributed by atoms with E-state index in [0.29, 0.717) is 17.5 Å². The van der Waals surface area contributed by atoms with Crippen molar-refractivity contribution in [2.45, 2.75) is 5.41 Å². The Morgan fingerprint density at radius 2 is 0.633 bits per heavy atom. The topological polar surface area (TPSA) is 38.7 Å². The van der Waals surface area contributed by atoms with Gasteiger partial charge in [0.1, 0.15) is 0 Å².